The molecule has 1 aliphatic rings. The first kappa shape index (κ1) is 24.7. The standard InChI is InChI=1S/C23H32N2O6/c1-23(2,3)10-12-29-14-16-31-17-15-30-13-11-24-22(28)18-4-6-19(7-5-18)25-20(26)8-9-21(25)27/h4-9H,10-17H2,1-3H3,(H,24,28). The highest BCUT2D eigenvalue weighted by Gasteiger charge is 2.25. The number of nitrogens with one attached hydrogen (secondary N) is 1. The van der Waals surface area contributed by atoms with E-state index in [1.807, 2.05) is 0 Å². The molecule has 2 rings (SSSR count). The Morgan fingerprint density at radius 3 is 1.90 bits per heavy atom. The Kier molecular flexibility index (Phi) is 9.84. The van der Waals surface area contributed by atoms with Gasteiger partial charge in [-0.25, -0.2) is 4.90 Å². The number of ether oxygens (including phenoxy) is 3. The number of hydrogen-bond donors (Lipinski definition) is 1. The zero-order valence-electron chi connectivity index (χ0n) is 18.5. The highest BCUT2D eigenvalue weighted by atomic mass is 16.5. The minimum atomic E-state index is -0.392. The molecule has 3 amide bonds. The molecule has 0 saturated carbocycles. The van der Waals surface area contributed by atoms with Crippen LogP contribution in [0.25, 0.3) is 0 Å². The summed E-state index contributed by atoms with van der Waals surface area (Å²) in [6, 6.07) is 6.28. The van der Waals surface area contributed by atoms with Gasteiger partial charge in [-0.1, -0.05) is 20.8 Å². The summed E-state index contributed by atoms with van der Waals surface area (Å²) in [7, 11) is 0. The molecule has 0 saturated heterocycles. The van der Waals surface area contributed by atoms with Crippen LogP contribution in [0.2, 0.25) is 0 Å². The number of benzene rings is 1. The van der Waals surface area contributed by atoms with E-state index >= 15 is 0 Å². The smallest absolute Gasteiger partial charge is 0.258 e. The molecule has 0 aromatic heterocycles. The number of rotatable bonds is 13. The zero-order chi connectivity index (χ0) is 22.7. The second-order valence-electron chi connectivity index (χ2n) is 8.30. The number of hydrogen-bond acceptors (Lipinski definition) is 6. The topological polar surface area (TPSA) is 94.2 Å². The van der Waals surface area contributed by atoms with Crippen LogP contribution in [0.1, 0.15) is 37.6 Å². The lowest BCUT2D eigenvalue weighted by atomic mass is 9.93. The van der Waals surface area contributed by atoms with E-state index in [0.29, 0.717) is 50.8 Å². The van der Waals surface area contributed by atoms with Gasteiger partial charge in [-0.3, -0.25) is 14.4 Å². The Labute approximate surface area is 183 Å². The molecule has 1 aliphatic heterocycles. The van der Waals surface area contributed by atoms with Gasteiger partial charge in [0.25, 0.3) is 17.7 Å². The van der Waals surface area contributed by atoms with E-state index in [1.165, 1.54) is 12.2 Å². The highest BCUT2D eigenvalue weighted by molar-refractivity contribution is 6.28. The van der Waals surface area contributed by atoms with Crippen LogP contribution in [-0.4, -0.2) is 63.9 Å². The maximum Gasteiger partial charge on any atom is 0.258 e. The summed E-state index contributed by atoms with van der Waals surface area (Å²) in [5, 5.41) is 2.76. The van der Waals surface area contributed by atoms with Crippen molar-refractivity contribution in [3.8, 4) is 0 Å². The Bertz CT molecular complexity index is 749. The van der Waals surface area contributed by atoms with Crippen LogP contribution < -0.4 is 10.2 Å². The number of carbonyl (C=O) groups is 3. The predicted molar refractivity (Wildman–Crippen MR) is 117 cm³/mol. The van der Waals surface area contributed by atoms with Gasteiger partial charge in [0.1, 0.15) is 0 Å². The van der Waals surface area contributed by atoms with Crippen LogP contribution in [0.5, 0.6) is 0 Å². The first-order chi connectivity index (χ1) is 14.8. The van der Waals surface area contributed by atoms with E-state index in [-0.39, 0.29) is 11.3 Å². The monoisotopic (exact) mass is 432 g/mol. The fourth-order valence-corrected chi connectivity index (χ4v) is 2.68. The molecule has 8 heteroatoms. The van der Waals surface area contributed by atoms with Gasteiger partial charge in [-0.05, 0) is 36.1 Å². The fraction of sp³-hybridized carbons (Fsp3) is 0.522. The SMILES string of the molecule is CC(C)(C)CCOCCOCCOCCNC(=O)c1ccc(N2C(=O)C=CC2=O)cc1. The van der Waals surface area contributed by atoms with Gasteiger partial charge < -0.3 is 19.5 Å². The summed E-state index contributed by atoms with van der Waals surface area (Å²) >= 11 is 0. The van der Waals surface area contributed by atoms with E-state index in [9.17, 15) is 14.4 Å². The Hall–Kier alpha value is -2.55. The molecule has 1 aromatic carbocycles. The molecule has 0 bridgehead atoms. The number of anilines is 1. The molecular formula is C23H32N2O6. The van der Waals surface area contributed by atoms with Gasteiger partial charge in [-0.15, -0.1) is 0 Å². The molecule has 8 nitrogen and oxygen atoms in total. The van der Waals surface area contributed by atoms with E-state index in [4.69, 9.17) is 14.2 Å². The van der Waals surface area contributed by atoms with Crippen molar-refractivity contribution < 1.29 is 28.6 Å². The summed E-state index contributed by atoms with van der Waals surface area (Å²) in [6.07, 6.45) is 3.45. The maximum atomic E-state index is 12.2. The van der Waals surface area contributed by atoms with Gasteiger partial charge in [0.05, 0.1) is 38.7 Å². The number of amides is 3. The van der Waals surface area contributed by atoms with Gasteiger partial charge >= 0.3 is 0 Å². The molecule has 0 atom stereocenters. The second kappa shape index (κ2) is 12.3. The third-order valence-corrected chi connectivity index (χ3v) is 4.47. The Balaban J connectivity index is 1.51. The van der Waals surface area contributed by atoms with Crippen LogP contribution in [0, 0.1) is 5.41 Å². The molecule has 0 radical (unpaired) electrons. The molecule has 1 N–H and O–H groups in total. The van der Waals surface area contributed by atoms with Crippen LogP contribution in [0.3, 0.4) is 0 Å². The lowest BCUT2D eigenvalue weighted by molar-refractivity contribution is -0.119. The molecule has 1 aromatic rings. The highest BCUT2D eigenvalue weighted by Crippen LogP contribution is 2.19. The van der Waals surface area contributed by atoms with Crippen molar-refractivity contribution in [2.24, 2.45) is 5.41 Å². The largest absolute Gasteiger partial charge is 0.379 e. The Morgan fingerprint density at radius 1 is 0.839 bits per heavy atom. The molecule has 0 fully saturated rings. The van der Waals surface area contributed by atoms with Crippen LogP contribution >= 0.6 is 0 Å². The van der Waals surface area contributed by atoms with Crippen LogP contribution in [0.15, 0.2) is 36.4 Å². The van der Waals surface area contributed by atoms with E-state index in [2.05, 4.69) is 26.1 Å². The average Bonchev–Trinajstić information content (AvgIpc) is 3.06. The van der Waals surface area contributed by atoms with Crippen LogP contribution in [-0.2, 0) is 23.8 Å². The van der Waals surface area contributed by atoms with Crippen molar-refractivity contribution in [3.05, 3.63) is 42.0 Å². The minimum absolute atomic E-state index is 0.254. The number of carbonyl (C=O) groups excluding carboxylic acids is 3. The summed E-state index contributed by atoms with van der Waals surface area (Å²) in [5.41, 5.74) is 1.14. The first-order valence-corrected chi connectivity index (χ1v) is 10.5. The van der Waals surface area contributed by atoms with Crippen molar-refractivity contribution in [2.45, 2.75) is 27.2 Å². The number of imide groups is 1. The summed E-state index contributed by atoms with van der Waals surface area (Å²) in [4.78, 5) is 36.6. The van der Waals surface area contributed by atoms with Gasteiger partial charge in [0, 0.05) is 30.9 Å². The predicted octanol–water partition coefficient (Wildman–Crippen LogP) is 2.33. The number of nitrogens with zero attached hydrogens (tertiary/aromatic N) is 1. The van der Waals surface area contributed by atoms with Crippen molar-refractivity contribution >= 4 is 23.4 Å². The third-order valence-electron chi connectivity index (χ3n) is 4.47. The second-order valence-corrected chi connectivity index (χ2v) is 8.30. The van der Waals surface area contributed by atoms with Gasteiger partial charge in [-0.2, -0.15) is 0 Å². The molecule has 170 valence electrons. The third kappa shape index (κ3) is 9.00. The molecule has 0 aliphatic carbocycles. The van der Waals surface area contributed by atoms with Crippen molar-refractivity contribution in [1.29, 1.82) is 0 Å². The first-order valence-electron chi connectivity index (χ1n) is 10.5. The van der Waals surface area contributed by atoms with E-state index < -0.39 is 11.8 Å². The quantitative estimate of drug-likeness (QED) is 0.380. The molecule has 1 heterocycles. The minimum Gasteiger partial charge on any atom is -0.379 e. The van der Waals surface area contributed by atoms with Crippen molar-refractivity contribution in [1.82, 2.24) is 5.32 Å². The van der Waals surface area contributed by atoms with Gasteiger partial charge in [0.15, 0.2) is 0 Å². The fourth-order valence-electron chi connectivity index (χ4n) is 2.68. The van der Waals surface area contributed by atoms with Crippen molar-refractivity contribution in [2.75, 3.05) is 51.1 Å². The molecule has 0 unspecified atom stereocenters. The van der Waals surface area contributed by atoms with E-state index in [1.54, 1.807) is 24.3 Å². The maximum absolute atomic E-state index is 12.2. The van der Waals surface area contributed by atoms with Crippen LogP contribution in [0.4, 0.5) is 5.69 Å². The molecular weight excluding hydrogens is 400 g/mol. The molecule has 0 spiro atoms. The average molecular weight is 433 g/mol. The lowest BCUT2D eigenvalue weighted by Gasteiger charge is -2.17. The van der Waals surface area contributed by atoms with Crippen molar-refractivity contribution in [3.63, 3.8) is 0 Å². The summed E-state index contributed by atoms with van der Waals surface area (Å²) < 4.78 is 16.4. The molecule has 31 heavy (non-hydrogen) atoms. The van der Waals surface area contributed by atoms with E-state index in [0.717, 1.165) is 17.9 Å². The zero-order valence-corrected chi connectivity index (χ0v) is 18.5. The normalized spacial score (nSPS) is 13.8. The Morgan fingerprint density at radius 2 is 1.35 bits per heavy atom. The summed E-state index contributed by atoms with van der Waals surface area (Å²) in [5.74, 6) is -1.04. The van der Waals surface area contributed by atoms with Gasteiger partial charge in [0.2, 0.25) is 0 Å². The summed E-state index contributed by atoms with van der Waals surface area (Å²) in [6.45, 7) is 10.0. The lowest BCUT2D eigenvalue weighted by Crippen LogP contribution is -2.30.